The van der Waals surface area contributed by atoms with Gasteiger partial charge in [-0.1, -0.05) is 5.16 Å². The van der Waals surface area contributed by atoms with E-state index >= 15 is 0 Å². The van der Waals surface area contributed by atoms with Gasteiger partial charge in [0.2, 0.25) is 0 Å². The van der Waals surface area contributed by atoms with Gasteiger partial charge in [0.25, 0.3) is 5.79 Å². The molecule has 0 aliphatic carbocycles. The molecule has 0 aromatic carbocycles. The van der Waals surface area contributed by atoms with E-state index in [1.54, 1.807) is 0 Å². The highest BCUT2D eigenvalue weighted by Gasteiger charge is 2.47. The molecule has 0 bridgehead atoms. The second kappa shape index (κ2) is 2.96. The van der Waals surface area contributed by atoms with Crippen LogP contribution in [-0.2, 0) is 4.84 Å². The first-order valence-electron chi connectivity index (χ1n) is 4.76. The van der Waals surface area contributed by atoms with Crippen molar-refractivity contribution in [3.63, 3.8) is 0 Å². The van der Waals surface area contributed by atoms with Gasteiger partial charge < -0.3 is 9.94 Å². The Bertz CT molecular complexity index is 242. The first kappa shape index (κ1) is 8.97. The predicted molar refractivity (Wildman–Crippen MR) is 49.4 cm³/mol. The van der Waals surface area contributed by atoms with Gasteiger partial charge >= 0.3 is 0 Å². The summed E-state index contributed by atoms with van der Waals surface area (Å²) in [6.45, 7) is 2.92. The number of oxime groups is 1. The third kappa shape index (κ3) is 1.44. The van der Waals surface area contributed by atoms with Gasteiger partial charge in [-0.3, -0.25) is 4.90 Å². The molecule has 0 saturated carbocycles. The number of rotatable bonds is 1. The van der Waals surface area contributed by atoms with Crippen molar-refractivity contribution in [1.82, 2.24) is 4.90 Å². The van der Waals surface area contributed by atoms with Crippen LogP contribution in [0.5, 0.6) is 0 Å². The molecule has 4 heteroatoms. The second-order valence-electron chi connectivity index (χ2n) is 4.08. The molecule has 2 aliphatic heterocycles. The molecule has 1 fully saturated rings. The Labute approximate surface area is 78.2 Å². The van der Waals surface area contributed by atoms with Crippen LogP contribution in [-0.4, -0.2) is 41.1 Å². The molecule has 2 rings (SSSR count). The molecule has 4 nitrogen and oxygen atoms in total. The Kier molecular flexibility index (Phi) is 2.04. The van der Waals surface area contributed by atoms with Crippen molar-refractivity contribution in [2.24, 2.45) is 5.16 Å². The lowest BCUT2D eigenvalue weighted by molar-refractivity contribution is -0.217. The lowest BCUT2D eigenvalue weighted by atomic mass is 10.00. The van der Waals surface area contributed by atoms with Crippen molar-refractivity contribution in [2.45, 2.75) is 38.0 Å². The maximum absolute atomic E-state index is 10.2. The molecule has 0 spiro atoms. The smallest absolute Gasteiger partial charge is 0.255 e. The Morgan fingerprint density at radius 3 is 2.92 bits per heavy atom. The summed E-state index contributed by atoms with van der Waals surface area (Å²) in [6.07, 6.45) is 2.67. The Morgan fingerprint density at radius 2 is 2.46 bits per heavy atom. The number of likely N-dealkylation sites (N-methyl/N-ethyl adjacent to an activating group) is 1. The maximum Gasteiger partial charge on any atom is 0.255 e. The van der Waals surface area contributed by atoms with Crippen molar-refractivity contribution in [1.29, 1.82) is 0 Å². The van der Waals surface area contributed by atoms with Gasteiger partial charge in [0.15, 0.2) is 0 Å². The van der Waals surface area contributed by atoms with Crippen molar-refractivity contribution in [3.05, 3.63) is 0 Å². The Morgan fingerprint density at radius 1 is 1.69 bits per heavy atom. The van der Waals surface area contributed by atoms with E-state index in [1.807, 2.05) is 14.0 Å². The van der Waals surface area contributed by atoms with Gasteiger partial charge in [-0.2, -0.15) is 0 Å². The lowest BCUT2D eigenvalue weighted by Crippen LogP contribution is -2.48. The van der Waals surface area contributed by atoms with Gasteiger partial charge in [-0.25, -0.2) is 0 Å². The van der Waals surface area contributed by atoms with E-state index in [2.05, 4.69) is 10.1 Å². The van der Waals surface area contributed by atoms with Crippen LogP contribution >= 0.6 is 0 Å². The average Bonchev–Trinajstić information content (AvgIpc) is 2.59. The topological polar surface area (TPSA) is 45.1 Å². The molecule has 2 heterocycles. The summed E-state index contributed by atoms with van der Waals surface area (Å²) < 4.78 is 0. The second-order valence-corrected chi connectivity index (χ2v) is 4.08. The van der Waals surface area contributed by atoms with Gasteiger partial charge in [0, 0.05) is 0 Å². The zero-order chi connectivity index (χ0) is 9.47. The first-order valence-corrected chi connectivity index (χ1v) is 4.76. The molecule has 0 amide bonds. The van der Waals surface area contributed by atoms with Gasteiger partial charge in [0.05, 0.1) is 18.2 Å². The van der Waals surface area contributed by atoms with Crippen molar-refractivity contribution in [3.8, 4) is 0 Å². The molecule has 1 saturated heterocycles. The molecule has 0 radical (unpaired) electrons. The van der Waals surface area contributed by atoms with E-state index in [0.29, 0.717) is 6.42 Å². The third-order valence-electron chi connectivity index (χ3n) is 2.91. The van der Waals surface area contributed by atoms with Crippen LogP contribution in [0, 0.1) is 0 Å². The minimum absolute atomic E-state index is 0.105. The quantitative estimate of drug-likeness (QED) is 0.648. The van der Waals surface area contributed by atoms with E-state index in [4.69, 9.17) is 4.84 Å². The minimum atomic E-state index is -1.06. The standard InChI is InChI=1S/C9H16N2O2/c1-7-6-9(12,13-10-7)8-4-3-5-11(8)2/h8,12H,3-6H2,1-2H3. The number of aliphatic hydroxyl groups is 1. The van der Waals surface area contributed by atoms with Gasteiger partial charge in [0.1, 0.15) is 0 Å². The molecule has 0 aromatic heterocycles. The number of hydrogen-bond donors (Lipinski definition) is 1. The van der Waals surface area contributed by atoms with E-state index in [-0.39, 0.29) is 6.04 Å². The van der Waals surface area contributed by atoms with Crippen LogP contribution in [0.1, 0.15) is 26.2 Å². The first-order chi connectivity index (χ1) is 6.12. The highest BCUT2D eigenvalue weighted by molar-refractivity contribution is 5.83. The number of likely N-dealkylation sites (tertiary alicyclic amines) is 1. The molecule has 0 aromatic rings. The van der Waals surface area contributed by atoms with Gasteiger partial charge in [-0.15, -0.1) is 0 Å². The van der Waals surface area contributed by atoms with Crippen LogP contribution < -0.4 is 0 Å². The highest BCUT2D eigenvalue weighted by Crippen LogP contribution is 2.33. The molecule has 2 unspecified atom stereocenters. The number of hydrogen-bond acceptors (Lipinski definition) is 4. The highest BCUT2D eigenvalue weighted by atomic mass is 16.7. The van der Waals surface area contributed by atoms with E-state index < -0.39 is 5.79 Å². The van der Waals surface area contributed by atoms with Crippen LogP contribution in [0.2, 0.25) is 0 Å². The fourth-order valence-electron chi connectivity index (χ4n) is 2.25. The zero-order valence-corrected chi connectivity index (χ0v) is 8.16. The Hall–Kier alpha value is -0.610. The summed E-state index contributed by atoms with van der Waals surface area (Å²) in [6, 6.07) is 0.105. The van der Waals surface area contributed by atoms with Crippen molar-refractivity contribution >= 4 is 5.71 Å². The van der Waals surface area contributed by atoms with Crippen molar-refractivity contribution < 1.29 is 9.94 Å². The molecule has 2 atom stereocenters. The normalized spacial score (nSPS) is 40.5. The van der Waals surface area contributed by atoms with Crippen LogP contribution in [0.3, 0.4) is 0 Å². The minimum Gasteiger partial charge on any atom is -0.358 e. The average molecular weight is 184 g/mol. The van der Waals surface area contributed by atoms with E-state index in [1.165, 1.54) is 0 Å². The molecule has 2 aliphatic rings. The van der Waals surface area contributed by atoms with Crippen LogP contribution in [0.15, 0.2) is 5.16 Å². The summed E-state index contributed by atoms with van der Waals surface area (Å²) in [5.74, 6) is -1.06. The van der Waals surface area contributed by atoms with Crippen LogP contribution in [0.25, 0.3) is 0 Å². The summed E-state index contributed by atoms with van der Waals surface area (Å²) in [5.41, 5.74) is 0.878. The fraction of sp³-hybridized carbons (Fsp3) is 0.889. The predicted octanol–water partition coefficient (Wildman–Crippen LogP) is 0.565. The fourth-order valence-corrected chi connectivity index (χ4v) is 2.25. The molecular formula is C9H16N2O2. The largest absolute Gasteiger partial charge is 0.358 e. The van der Waals surface area contributed by atoms with Crippen LogP contribution in [0.4, 0.5) is 0 Å². The SMILES string of the molecule is CC1=NOC(O)(C2CCCN2C)C1. The lowest BCUT2D eigenvalue weighted by Gasteiger charge is -2.31. The molecule has 13 heavy (non-hydrogen) atoms. The monoisotopic (exact) mass is 184 g/mol. The third-order valence-corrected chi connectivity index (χ3v) is 2.91. The zero-order valence-electron chi connectivity index (χ0n) is 8.16. The summed E-state index contributed by atoms with van der Waals surface area (Å²) in [7, 11) is 2.02. The summed E-state index contributed by atoms with van der Waals surface area (Å²) >= 11 is 0. The van der Waals surface area contributed by atoms with E-state index in [0.717, 1.165) is 25.1 Å². The molecule has 74 valence electrons. The summed E-state index contributed by atoms with van der Waals surface area (Å²) in [4.78, 5) is 7.26. The Balaban J connectivity index is 2.08. The summed E-state index contributed by atoms with van der Waals surface area (Å²) in [5, 5.41) is 14.0. The van der Waals surface area contributed by atoms with Crippen molar-refractivity contribution in [2.75, 3.05) is 13.6 Å². The maximum atomic E-state index is 10.2. The molecule has 1 N–H and O–H groups in total. The van der Waals surface area contributed by atoms with E-state index in [9.17, 15) is 5.11 Å². The number of nitrogens with zero attached hydrogens (tertiary/aromatic N) is 2. The van der Waals surface area contributed by atoms with Gasteiger partial charge in [-0.05, 0) is 33.4 Å². The molecular weight excluding hydrogens is 168 g/mol.